The summed E-state index contributed by atoms with van der Waals surface area (Å²) in [6, 6.07) is 20.2. The van der Waals surface area contributed by atoms with Gasteiger partial charge in [0.1, 0.15) is 11.5 Å². The number of rotatable bonds is 5. The first kappa shape index (κ1) is 21.2. The van der Waals surface area contributed by atoms with E-state index in [9.17, 15) is 14.4 Å². The Hall–Kier alpha value is -3.64. The number of nitrogens with one attached hydrogen (secondary N) is 1. The van der Waals surface area contributed by atoms with Crippen molar-refractivity contribution in [1.82, 2.24) is 0 Å². The maximum Gasteiger partial charge on any atom is 0.328 e. The summed E-state index contributed by atoms with van der Waals surface area (Å²) in [5, 5.41) is 3.30. The van der Waals surface area contributed by atoms with Crippen molar-refractivity contribution >= 4 is 34.9 Å². The number of Topliss-reactive ketones (excluding diaryl/α,β-unsaturated/α-hetero) is 1. The molecule has 0 saturated heterocycles. The summed E-state index contributed by atoms with van der Waals surface area (Å²) in [6.45, 7) is 1.66. The second kappa shape index (κ2) is 7.46. The molecule has 1 aliphatic carbocycles. The molecule has 3 aromatic carbocycles. The number of para-hydroxylation sites is 1. The van der Waals surface area contributed by atoms with Crippen LogP contribution in [0.15, 0.2) is 72.8 Å². The predicted molar refractivity (Wildman–Crippen MR) is 123 cm³/mol. The summed E-state index contributed by atoms with van der Waals surface area (Å²) < 4.78 is 10.7. The quantitative estimate of drug-likeness (QED) is 0.253. The van der Waals surface area contributed by atoms with E-state index in [2.05, 4.69) is 5.32 Å². The Morgan fingerprint density at radius 3 is 2.33 bits per heavy atom. The fraction of sp³-hybridized carbons (Fsp3) is 0.192. The van der Waals surface area contributed by atoms with Crippen LogP contribution in [0.5, 0.6) is 11.5 Å². The largest absolute Gasteiger partial charge is 0.497 e. The molecule has 7 heteroatoms. The third-order valence-electron chi connectivity index (χ3n) is 6.78. The summed E-state index contributed by atoms with van der Waals surface area (Å²) in [5.74, 6) is -1.30. The van der Waals surface area contributed by atoms with Crippen molar-refractivity contribution < 1.29 is 23.9 Å². The van der Waals surface area contributed by atoms with Gasteiger partial charge in [-0.3, -0.25) is 14.4 Å². The second-order valence-electron chi connectivity index (χ2n) is 8.39. The van der Waals surface area contributed by atoms with Crippen molar-refractivity contribution in [2.45, 2.75) is 12.8 Å². The molecule has 5 rings (SSSR count). The number of carbonyl (C=O) groups is 3. The summed E-state index contributed by atoms with van der Waals surface area (Å²) in [6.07, 6.45) is 0. The Bertz CT molecular complexity index is 1290. The molecule has 3 atom stereocenters. The number of hydrogen-bond donors (Lipinski definition) is 1. The molecule has 0 aromatic heterocycles. The standard InChI is InChI=1S/C26H20ClNO5/c1-25(22(29)15-7-9-16(27)10-8-15)21-19-5-3-4-6-20(19)33-24(31)26(21,25)23(30)28-17-11-13-18(32-2)14-12-17/h3-14,21H,1-2H3,(H,28,30)/t21-,25-,26+/m0/s1. The molecule has 1 fully saturated rings. The fourth-order valence-corrected chi connectivity index (χ4v) is 5.19. The zero-order valence-electron chi connectivity index (χ0n) is 17.9. The number of benzene rings is 3. The van der Waals surface area contributed by atoms with Crippen molar-refractivity contribution in [3.63, 3.8) is 0 Å². The first-order chi connectivity index (χ1) is 15.8. The van der Waals surface area contributed by atoms with E-state index < -0.39 is 28.6 Å². The summed E-state index contributed by atoms with van der Waals surface area (Å²) in [7, 11) is 1.55. The van der Waals surface area contributed by atoms with Gasteiger partial charge in [-0.05, 0) is 61.5 Å². The van der Waals surface area contributed by atoms with Gasteiger partial charge in [0.25, 0.3) is 0 Å². The molecule has 0 bridgehead atoms. The normalized spacial score (nSPS) is 24.7. The highest BCUT2D eigenvalue weighted by Crippen LogP contribution is 2.78. The maximum absolute atomic E-state index is 13.8. The molecule has 6 nitrogen and oxygen atoms in total. The molecule has 0 radical (unpaired) electrons. The molecular weight excluding hydrogens is 442 g/mol. The first-order valence-electron chi connectivity index (χ1n) is 10.4. The minimum Gasteiger partial charge on any atom is -0.497 e. The maximum atomic E-state index is 13.8. The van der Waals surface area contributed by atoms with Gasteiger partial charge >= 0.3 is 5.97 Å². The van der Waals surface area contributed by atoms with E-state index in [0.29, 0.717) is 33.3 Å². The van der Waals surface area contributed by atoms with Gasteiger partial charge in [-0.15, -0.1) is 0 Å². The number of methoxy groups -OCH3 is 1. The molecular formula is C26H20ClNO5. The Balaban J connectivity index is 1.60. The number of halogens is 1. The number of esters is 1. The van der Waals surface area contributed by atoms with Crippen molar-refractivity contribution in [2.75, 3.05) is 12.4 Å². The smallest absolute Gasteiger partial charge is 0.328 e. The minimum atomic E-state index is -1.70. The highest BCUT2D eigenvalue weighted by molar-refractivity contribution is 6.30. The molecule has 33 heavy (non-hydrogen) atoms. The highest BCUT2D eigenvalue weighted by atomic mass is 35.5. The zero-order chi connectivity index (χ0) is 23.4. The van der Waals surface area contributed by atoms with Crippen LogP contribution in [0.4, 0.5) is 5.69 Å². The molecule has 0 spiro atoms. The summed E-state index contributed by atoms with van der Waals surface area (Å²) >= 11 is 5.99. The topological polar surface area (TPSA) is 81.7 Å². The van der Waals surface area contributed by atoms with Crippen molar-refractivity contribution in [3.05, 3.63) is 88.9 Å². The molecule has 166 valence electrons. The Labute approximate surface area is 195 Å². The third-order valence-corrected chi connectivity index (χ3v) is 7.04. The Kier molecular flexibility index (Phi) is 4.79. The van der Waals surface area contributed by atoms with Crippen LogP contribution < -0.4 is 14.8 Å². The average molecular weight is 462 g/mol. The summed E-state index contributed by atoms with van der Waals surface area (Å²) in [5.41, 5.74) is -1.52. The lowest BCUT2D eigenvalue weighted by molar-refractivity contribution is -0.147. The van der Waals surface area contributed by atoms with E-state index in [-0.39, 0.29) is 5.78 Å². The number of carbonyl (C=O) groups excluding carboxylic acids is 3. The van der Waals surface area contributed by atoms with Gasteiger partial charge in [0.2, 0.25) is 5.91 Å². The lowest BCUT2D eigenvalue weighted by Crippen LogP contribution is -2.42. The molecule has 2 aliphatic rings. The predicted octanol–water partition coefficient (Wildman–Crippen LogP) is 4.88. The zero-order valence-corrected chi connectivity index (χ0v) is 18.7. The number of fused-ring (bicyclic) bond motifs is 3. The Morgan fingerprint density at radius 2 is 1.67 bits per heavy atom. The molecule has 1 saturated carbocycles. The van der Waals surface area contributed by atoms with Gasteiger partial charge in [-0.25, -0.2) is 0 Å². The SMILES string of the molecule is COc1ccc(NC(=O)[C@@]23C(=O)Oc4ccccc4[C@H]2[C@@]3(C)C(=O)c2ccc(Cl)cc2)cc1. The Morgan fingerprint density at radius 1 is 1.00 bits per heavy atom. The van der Waals surface area contributed by atoms with Crippen molar-refractivity contribution in [1.29, 1.82) is 0 Å². The van der Waals surface area contributed by atoms with Crippen LogP contribution in [-0.4, -0.2) is 24.8 Å². The van der Waals surface area contributed by atoms with Crippen LogP contribution in [-0.2, 0) is 9.59 Å². The van der Waals surface area contributed by atoms with Crippen LogP contribution in [0.2, 0.25) is 5.02 Å². The van der Waals surface area contributed by atoms with Gasteiger partial charge in [0.05, 0.1) is 12.5 Å². The van der Waals surface area contributed by atoms with Gasteiger partial charge in [-0.1, -0.05) is 29.8 Å². The van der Waals surface area contributed by atoms with Gasteiger partial charge in [0.15, 0.2) is 11.2 Å². The van der Waals surface area contributed by atoms with Gasteiger partial charge in [0, 0.05) is 27.8 Å². The van der Waals surface area contributed by atoms with Crippen molar-refractivity contribution in [2.24, 2.45) is 10.8 Å². The number of amides is 1. The number of ketones is 1. The first-order valence-corrected chi connectivity index (χ1v) is 10.8. The lowest BCUT2D eigenvalue weighted by Gasteiger charge is -2.23. The van der Waals surface area contributed by atoms with Crippen LogP contribution in [0.25, 0.3) is 0 Å². The number of ether oxygens (including phenoxy) is 2. The number of hydrogen-bond acceptors (Lipinski definition) is 5. The van der Waals surface area contributed by atoms with E-state index in [1.807, 2.05) is 0 Å². The monoisotopic (exact) mass is 461 g/mol. The van der Waals surface area contributed by atoms with Crippen LogP contribution in [0.1, 0.15) is 28.8 Å². The average Bonchev–Trinajstić information content (AvgIpc) is 3.43. The van der Waals surface area contributed by atoms with Gasteiger partial charge in [-0.2, -0.15) is 0 Å². The van der Waals surface area contributed by atoms with E-state index >= 15 is 0 Å². The molecule has 1 N–H and O–H groups in total. The second-order valence-corrected chi connectivity index (χ2v) is 8.83. The third kappa shape index (κ3) is 2.91. The molecule has 1 heterocycles. The van der Waals surface area contributed by atoms with Crippen molar-refractivity contribution in [3.8, 4) is 11.5 Å². The van der Waals surface area contributed by atoms with E-state index in [1.54, 1.807) is 86.8 Å². The molecule has 1 amide bonds. The molecule has 0 unspecified atom stereocenters. The van der Waals surface area contributed by atoms with Gasteiger partial charge < -0.3 is 14.8 Å². The summed E-state index contributed by atoms with van der Waals surface area (Å²) in [4.78, 5) is 40.8. The molecule has 1 aliphatic heterocycles. The highest BCUT2D eigenvalue weighted by Gasteiger charge is 2.88. The lowest BCUT2D eigenvalue weighted by atomic mass is 9.86. The fourth-order valence-electron chi connectivity index (χ4n) is 5.06. The van der Waals surface area contributed by atoms with E-state index in [1.165, 1.54) is 0 Å². The van der Waals surface area contributed by atoms with E-state index in [0.717, 1.165) is 0 Å². The van der Waals surface area contributed by atoms with E-state index in [4.69, 9.17) is 21.1 Å². The van der Waals surface area contributed by atoms with Crippen LogP contribution >= 0.6 is 11.6 Å². The van der Waals surface area contributed by atoms with Crippen LogP contribution in [0, 0.1) is 10.8 Å². The minimum absolute atomic E-state index is 0.317. The number of anilines is 1. The molecule has 3 aromatic rings. The van der Waals surface area contributed by atoms with Crippen LogP contribution in [0.3, 0.4) is 0 Å².